The molecule has 0 amide bonds. The lowest BCUT2D eigenvalue weighted by molar-refractivity contribution is 0.0211. The average Bonchev–Trinajstić information content (AvgIpc) is 1.99. The molecule has 1 saturated heterocycles. The lowest BCUT2D eigenvalue weighted by Gasteiger charge is -2.28. The third-order valence-corrected chi connectivity index (χ3v) is 2.38. The van der Waals surface area contributed by atoms with Crippen LogP contribution in [0.1, 0.15) is 11.1 Å². The van der Waals surface area contributed by atoms with Crippen molar-refractivity contribution >= 4 is 5.69 Å². The van der Waals surface area contributed by atoms with Crippen LogP contribution in [0.15, 0.2) is 18.2 Å². The molecule has 0 atom stereocenters. The first-order chi connectivity index (χ1) is 6.25. The smallest absolute Gasteiger partial charge is 0.0728 e. The zero-order chi connectivity index (χ0) is 9.26. The van der Waals surface area contributed by atoms with Crippen LogP contribution < -0.4 is 5.32 Å². The van der Waals surface area contributed by atoms with Gasteiger partial charge in [-0.25, -0.2) is 0 Å². The quantitative estimate of drug-likeness (QED) is 0.747. The summed E-state index contributed by atoms with van der Waals surface area (Å²) in [6.07, 6.45) is 0. The molecule has 2 rings (SSSR count). The Morgan fingerprint density at radius 1 is 1.31 bits per heavy atom. The Kier molecular flexibility index (Phi) is 2.23. The largest absolute Gasteiger partial charge is 0.377 e. The van der Waals surface area contributed by atoms with E-state index in [1.165, 1.54) is 16.8 Å². The Morgan fingerprint density at radius 2 is 2.08 bits per heavy atom. The molecular weight excluding hydrogens is 162 g/mol. The fourth-order valence-corrected chi connectivity index (χ4v) is 1.51. The number of ether oxygens (including phenoxy) is 1. The van der Waals surface area contributed by atoms with Crippen molar-refractivity contribution in [1.82, 2.24) is 0 Å². The third kappa shape index (κ3) is 1.83. The van der Waals surface area contributed by atoms with Crippen molar-refractivity contribution in [2.75, 3.05) is 18.5 Å². The van der Waals surface area contributed by atoms with Crippen LogP contribution in [0, 0.1) is 13.8 Å². The van der Waals surface area contributed by atoms with Crippen molar-refractivity contribution in [3.8, 4) is 0 Å². The molecule has 1 heterocycles. The summed E-state index contributed by atoms with van der Waals surface area (Å²) < 4.78 is 5.11. The molecule has 0 unspecified atom stereocenters. The molecule has 13 heavy (non-hydrogen) atoms. The Balaban J connectivity index is 2.10. The summed E-state index contributed by atoms with van der Waals surface area (Å²) >= 11 is 0. The van der Waals surface area contributed by atoms with Crippen LogP contribution in [-0.4, -0.2) is 19.3 Å². The molecule has 1 N–H and O–H groups in total. The monoisotopic (exact) mass is 177 g/mol. The predicted molar refractivity (Wildman–Crippen MR) is 54.1 cm³/mol. The highest BCUT2D eigenvalue weighted by Gasteiger charge is 2.17. The Hall–Kier alpha value is -1.02. The van der Waals surface area contributed by atoms with E-state index in [1.807, 2.05) is 0 Å². The lowest BCUT2D eigenvalue weighted by Crippen LogP contribution is -2.40. The summed E-state index contributed by atoms with van der Waals surface area (Å²) in [6, 6.07) is 6.99. The van der Waals surface area contributed by atoms with Crippen LogP contribution in [0.5, 0.6) is 0 Å². The highest BCUT2D eigenvalue weighted by atomic mass is 16.5. The SMILES string of the molecule is Cc1ccc(NC2COC2)c(C)c1. The third-order valence-electron chi connectivity index (χ3n) is 2.38. The average molecular weight is 177 g/mol. The number of hydrogen-bond acceptors (Lipinski definition) is 2. The second-order valence-electron chi connectivity index (χ2n) is 3.70. The number of nitrogens with one attached hydrogen (secondary N) is 1. The van der Waals surface area contributed by atoms with E-state index in [2.05, 4.69) is 37.4 Å². The van der Waals surface area contributed by atoms with Crippen LogP contribution in [0.25, 0.3) is 0 Å². The van der Waals surface area contributed by atoms with E-state index in [0.29, 0.717) is 6.04 Å². The zero-order valence-corrected chi connectivity index (χ0v) is 8.13. The summed E-state index contributed by atoms with van der Waals surface area (Å²) in [5.74, 6) is 0. The van der Waals surface area contributed by atoms with Gasteiger partial charge in [0.05, 0.1) is 19.3 Å². The standard InChI is InChI=1S/C11H15NO/c1-8-3-4-11(9(2)5-8)12-10-6-13-7-10/h3-5,10,12H,6-7H2,1-2H3. The van der Waals surface area contributed by atoms with Gasteiger partial charge in [0.1, 0.15) is 0 Å². The molecule has 0 saturated carbocycles. The first-order valence-corrected chi connectivity index (χ1v) is 4.67. The highest BCUT2D eigenvalue weighted by Crippen LogP contribution is 2.18. The van der Waals surface area contributed by atoms with E-state index in [-0.39, 0.29) is 0 Å². The van der Waals surface area contributed by atoms with Gasteiger partial charge in [0.2, 0.25) is 0 Å². The maximum Gasteiger partial charge on any atom is 0.0728 e. The van der Waals surface area contributed by atoms with Crippen molar-refractivity contribution < 1.29 is 4.74 Å². The Morgan fingerprint density at radius 3 is 2.62 bits per heavy atom. The van der Waals surface area contributed by atoms with E-state index in [9.17, 15) is 0 Å². The van der Waals surface area contributed by atoms with E-state index in [0.717, 1.165) is 13.2 Å². The summed E-state index contributed by atoms with van der Waals surface area (Å²) in [4.78, 5) is 0. The molecule has 1 aromatic rings. The van der Waals surface area contributed by atoms with Crippen LogP contribution >= 0.6 is 0 Å². The van der Waals surface area contributed by atoms with Crippen molar-refractivity contribution in [1.29, 1.82) is 0 Å². The maximum absolute atomic E-state index is 5.11. The summed E-state index contributed by atoms with van der Waals surface area (Å²) in [6.45, 7) is 5.93. The van der Waals surface area contributed by atoms with E-state index in [4.69, 9.17) is 4.74 Å². The number of benzene rings is 1. The normalized spacial score (nSPS) is 16.8. The minimum atomic E-state index is 0.515. The van der Waals surface area contributed by atoms with Crippen molar-refractivity contribution in [2.24, 2.45) is 0 Å². The molecule has 1 fully saturated rings. The van der Waals surface area contributed by atoms with Crippen LogP contribution in [0.4, 0.5) is 5.69 Å². The van der Waals surface area contributed by atoms with Crippen molar-refractivity contribution in [2.45, 2.75) is 19.9 Å². The Bertz CT molecular complexity index is 305. The molecule has 0 aliphatic carbocycles. The zero-order valence-electron chi connectivity index (χ0n) is 8.13. The minimum Gasteiger partial charge on any atom is -0.377 e. The first-order valence-electron chi connectivity index (χ1n) is 4.67. The molecule has 1 aliphatic rings. The number of hydrogen-bond donors (Lipinski definition) is 1. The van der Waals surface area contributed by atoms with Crippen molar-refractivity contribution in [3.05, 3.63) is 29.3 Å². The fraction of sp³-hybridized carbons (Fsp3) is 0.455. The fourth-order valence-electron chi connectivity index (χ4n) is 1.51. The topological polar surface area (TPSA) is 21.3 Å². The summed E-state index contributed by atoms with van der Waals surface area (Å²) in [5, 5.41) is 3.45. The number of anilines is 1. The number of rotatable bonds is 2. The van der Waals surface area contributed by atoms with Gasteiger partial charge in [-0.1, -0.05) is 17.7 Å². The molecule has 0 radical (unpaired) electrons. The highest BCUT2D eigenvalue weighted by molar-refractivity contribution is 5.52. The molecular formula is C11H15NO. The van der Waals surface area contributed by atoms with Crippen molar-refractivity contribution in [3.63, 3.8) is 0 Å². The summed E-state index contributed by atoms with van der Waals surface area (Å²) in [7, 11) is 0. The van der Waals surface area contributed by atoms with E-state index < -0.39 is 0 Å². The van der Waals surface area contributed by atoms with Gasteiger partial charge < -0.3 is 10.1 Å². The molecule has 70 valence electrons. The second kappa shape index (κ2) is 3.38. The van der Waals surface area contributed by atoms with Gasteiger partial charge in [-0.05, 0) is 25.5 Å². The van der Waals surface area contributed by atoms with Gasteiger partial charge in [-0.2, -0.15) is 0 Å². The Labute approximate surface area is 78.9 Å². The van der Waals surface area contributed by atoms with Gasteiger partial charge in [-0.3, -0.25) is 0 Å². The number of aryl methyl sites for hydroxylation is 2. The van der Waals surface area contributed by atoms with E-state index >= 15 is 0 Å². The molecule has 1 aliphatic heterocycles. The van der Waals surface area contributed by atoms with Crippen LogP contribution in [0.3, 0.4) is 0 Å². The van der Waals surface area contributed by atoms with Gasteiger partial charge in [-0.15, -0.1) is 0 Å². The van der Waals surface area contributed by atoms with Gasteiger partial charge in [0.15, 0.2) is 0 Å². The molecule has 2 nitrogen and oxygen atoms in total. The van der Waals surface area contributed by atoms with Gasteiger partial charge >= 0.3 is 0 Å². The molecule has 0 spiro atoms. The van der Waals surface area contributed by atoms with E-state index in [1.54, 1.807) is 0 Å². The maximum atomic E-state index is 5.11. The first kappa shape index (κ1) is 8.57. The van der Waals surface area contributed by atoms with Crippen LogP contribution in [0.2, 0.25) is 0 Å². The molecule has 2 heteroatoms. The predicted octanol–water partition coefficient (Wildman–Crippen LogP) is 2.11. The minimum absolute atomic E-state index is 0.515. The van der Waals surface area contributed by atoms with Crippen LogP contribution in [-0.2, 0) is 4.74 Å². The lowest BCUT2D eigenvalue weighted by atomic mass is 10.1. The second-order valence-corrected chi connectivity index (χ2v) is 3.70. The van der Waals surface area contributed by atoms with Gasteiger partial charge in [0.25, 0.3) is 0 Å². The molecule has 0 bridgehead atoms. The molecule has 0 aromatic heterocycles. The van der Waals surface area contributed by atoms with Gasteiger partial charge in [0, 0.05) is 5.69 Å². The summed E-state index contributed by atoms with van der Waals surface area (Å²) in [5.41, 5.74) is 3.86. The molecule has 1 aromatic carbocycles.